The third kappa shape index (κ3) is 3.10. The molecule has 2 bridgehead atoms. The number of hydrogen-bond acceptors (Lipinski definition) is 4. The van der Waals surface area contributed by atoms with Gasteiger partial charge in [-0.3, -0.25) is 9.20 Å². The van der Waals surface area contributed by atoms with Crippen LogP contribution in [0, 0.1) is 5.82 Å². The van der Waals surface area contributed by atoms with E-state index in [0.717, 1.165) is 47.5 Å². The van der Waals surface area contributed by atoms with Crippen LogP contribution in [0.15, 0.2) is 48.9 Å². The van der Waals surface area contributed by atoms with Crippen LogP contribution in [0.3, 0.4) is 0 Å². The molecule has 0 aliphatic carbocycles. The molecule has 7 heterocycles. The van der Waals surface area contributed by atoms with Crippen molar-refractivity contribution in [3.63, 3.8) is 0 Å². The number of carbonyl (C=O) groups excluding carboxylic acids is 2. The first-order chi connectivity index (χ1) is 18.5. The van der Waals surface area contributed by atoms with E-state index in [0.29, 0.717) is 48.7 Å². The number of piperazine rings is 1. The number of fused-ring (bicyclic) bond motifs is 3. The Morgan fingerprint density at radius 2 is 2.11 bits per heavy atom. The van der Waals surface area contributed by atoms with Crippen LogP contribution < -0.4 is 10.6 Å². The van der Waals surface area contributed by atoms with Crippen molar-refractivity contribution in [2.24, 2.45) is 0 Å². The normalized spacial score (nSPS) is 22.7. The van der Waals surface area contributed by atoms with Gasteiger partial charge < -0.3 is 25.0 Å². The number of aromatic nitrogens is 3. The summed E-state index contributed by atoms with van der Waals surface area (Å²) in [6.45, 7) is 3.37. The molecule has 0 saturated carbocycles. The molecule has 0 spiro atoms. The SMILES string of the molecule is O=C1NCC(c2cnc3ccccn23)=C1c1cn2c3c(cc(F)cc13)CN(C(=O)N1CC3CC1CN3)CC2. The van der Waals surface area contributed by atoms with Gasteiger partial charge in [0.1, 0.15) is 11.5 Å². The third-order valence-corrected chi connectivity index (χ3v) is 8.51. The highest BCUT2D eigenvalue weighted by atomic mass is 19.1. The van der Waals surface area contributed by atoms with Crippen molar-refractivity contribution >= 4 is 39.6 Å². The summed E-state index contributed by atoms with van der Waals surface area (Å²) in [5.41, 5.74) is 5.37. The number of imidazole rings is 1. The number of rotatable bonds is 2. The van der Waals surface area contributed by atoms with E-state index in [-0.39, 0.29) is 23.8 Å². The maximum atomic E-state index is 15.1. The van der Waals surface area contributed by atoms with E-state index in [1.165, 1.54) is 12.1 Å². The Balaban J connectivity index is 1.23. The number of amides is 3. The van der Waals surface area contributed by atoms with Crippen molar-refractivity contribution in [2.45, 2.75) is 31.6 Å². The summed E-state index contributed by atoms with van der Waals surface area (Å²) in [4.78, 5) is 35.0. The van der Waals surface area contributed by atoms with Gasteiger partial charge in [-0.2, -0.15) is 0 Å². The van der Waals surface area contributed by atoms with Gasteiger partial charge in [-0.25, -0.2) is 14.2 Å². The minimum atomic E-state index is -0.374. The Labute approximate surface area is 217 Å². The molecule has 2 atom stereocenters. The van der Waals surface area contributed by atoms with Gasteiger partial charge in [0.25, 0.3) is 5.91 Å². The van der Waals surface area contributed by atoms with Gasteiger partial charge in [-0.15, -0.1) is 0 Å². The van der Waals surface area contributed by atoms with Gasteiger partial charge in [0.2, 0.25) is 0 Å². The number of nitrogens with zero attached hydrogens (tertiary/aromatic N) is 5. The second kappa shape index (κ2) is 7.91. The number of halogens is 1. The van der Waals surface area contributed by atoms with Gasteiger partial charge >= 0.3 is 6.03 Å². The fourth-order valence-electron chi connectivity index (χ4n) is 6.78. The van der Waals surface area contributed by atoms with E-state index in [2.05, 4.69) is 20.2 Å². The third-order valence-electron chi connectivity index (χ3n) is 8.51. The predicted molar refractivity (Wildman–Crippen MR) is 140 cm³/mol. The van der Waals surface area contributed by atoms with E-state index >= 15 is 4.39 Å². The van der Waals surface area contributed by atoms with E-state index in [1.54, 1.807) is 6.20 Å². The topological polar surface area (TPSA) is 86.9 Å². The lowest BCUT2D eigenvalue weighted by atomic mass is 9.98. The number of nitrogens with one attached hydrogen (secondary N) is 2. The Morgan fingerprint density at radius 3 is 2.95 bits per heavy atom. The first-order valence-corrected chi connectivity index (χ1v) is 13.1. The van der Waals surface area contributed by atoms with E-state index in [4.69, 9.17) is 0 Å². The largest absolute Gasteiger partial charge is 0.348 e. The second-order valence-electron chi connectivity index (χ2n) is 10.7. The molecule has 0 radical (unpaired) electrons. The van der Waals surface area contributed by atoms with Crippen LogP contribution in [0.5, 0.6) is 0 Å². The highest BCUT2D eigenvalue weighted by Gasteiger charge is 2.42. The predicted octanol–water partition coefficient (Wildman–Crippen LogP) is 2.45. The molecule has 192 valence electrons. The van der Waals surface area contributed by atoms with Crippen LogP contribution >= 0.6 is 0 Å². The zero-order valence-electron chi connectivity index (χ0n) is 20.7. The summed E-state index contributed by atoms with van der Waals surface area (Å²) in [6, 6.07) is 9.45. The molecule has 38 heavy (non-hydrogen) atoms. The average molecular weight is 512 g/mol. The summed E-state index contributed by atoms with van der Waals surface area (Å²) in [6.07, 6.45) is 6.66. The lowest BCUT2D eigenvalue weighted by Gasteiger charge is -2.33. The molecule has 4 aliphatic rings. The van der Waals surface area contributed by atoms with Crippen molar-refractivity contribution in [1.29, 1.82) is 0 Å². The van der Waals surface area contributed by atoms with Gasteiger partial charge in [0, 0.05) is 80.3 Å². The van der Waals surface area contributed by atoms with Crippen LogP contribution in [0.2, 0.25) is 0 Å². The van der Waals surface area contributed by atoms with Crippen LogP contribution in [-0.4, -0.2) is 74.0 Å². The molecule has 1 aromatic carbocycles. The monoisotopic (exact) mass is 511 g/mol. The maximum absolute atomic E-state index is 15.1. The number of likely N-dealkylation sites (tertiary alicyclic amines) is 1. The fraction of sp³-hybridized carbons (Fsp3) is 0.321. The minimum Gasteiger partial charge on any atom is -0.348 e. The molecule has 4 aromatic rings. The molecule has 10 heteroatoms. The first kappa shape index (κ1) is 21.9. The number of benzene rings is 1. The van der Waals surface area contributed by atoms with Crippen LogP contribution in [0.25, 0.3) is 27.7 Å². The average Bonchev–Trinajstić information content (AvgIpc) is 3.73. The van der Waals surface area contributed by atoms with E-state index < -0.39 is 0 Å². The quantitative estimate of drug-likeness (QED) is 0.433. The summed E-state index contributed by atoms with van der Waals surface area (Å²) in [5, 5.41) is 7.10. The standard InChI is InChI=1S/C28H26FN7O2/c29-17-7-16-13-34(28(38)36-14-18-9-19(36)10-30-18)6-5-33-15-22(20(8-17)26(16)33)25-21(11-32-27(25)37)23-12-31-24-3-1-2-4-35(23)24/h1-4,7-8,12,15,18-19,30H,5-6,9-11,13-14H2,(H,32,37). The molecule has 4 aliphatic heterocycles. The minimum absolute atomic E-state index is 0.0233. The van der Waals surface area contributed by atoms with Crippen LogP contribution in [-0.2, 0) is 17.9 Å². The van der Waals surface area contributed by atoms with E-state index in [9.17, 15) is 9.59 Å². The Kier molecular flexibility index (Phi) is 4.55. The smallest absolute Gasteiger partial charge is 0.320 e. The lowest BCUT2D eigenvalue weighted by Crippen LogP contribution is -2.51. The maximum Gasteiger partial charge on any atom is 0.320 e. The molecule has 2 unspecified atom stereocenters. The van der Waals surface area contributed by atoms with Gasteiger partial charge in [-0.05, 0) is 36.2 Å². The molecule has 9 nitrogen and oxygen atoms in total. The lowest BCUT2D eigenvalue weighted by molar-refractivity contribution is -0.114. The number of urea groups is 1. The first-order valence-electron chi connectivity index (χ1n) is 13.1. The number of pyridine rings is 1. The fourth-order valence-corrected chi connectivity index (χ4v) is 6.78. The Hall–Kier alpha value is -4.18. The van der Waals surface area contributed by atoms with Gasteiger partial charge in [0.15, 0.2) is 0 Å². The molecule has 3 aromatic heterocycles. The van der Waals surface area contributed by atoms with Crippen molar-refractivity contribution in [3.8, 4) is 0 Å². The molecule has 8 rings (SSSR count). The number of carbonyl (C=O) groups is 2. The van der Waals surface area contributed by atoms with Gasteiger partial charge in [0.05, 0.1) is 23.0 Å². The zero-order valence-corrected chi connectivity index (χ0v) is 20.7. The summed E-state index contributed by atoms with van der Waals surface area (Å²) < 4.78 is 19.1. The highest BCUT2D eigenvalue weighted by molar-refractivity contribution is 6.32. The Bertz CT molecular complexity index is 1700. The summed E-state index contributed by atoms with van der Waals surface area (Å²) >= 11 is 0. The molecule has 2 N–H and O–H groups in total. The highest BCUT2D eigenvalue weighted by Crippen LogP contribution is 2.38. The van der Waals surface area contributed by atoms with Gasteiger partial charge in [-0.1, -0.05) is 6.07 Å². The second-order valence-corrected chi connectivity index (χ2v) is 10.7. The summed E-state index contributed by atoms with van der Waals surface area (Å²) in [7, 11) is 0. The molecule has 3 amide bonds. The van der Waals surface area contributed by atoms with E-state index in [1.807, 2.05) is 44.8 Å². The zero-order chi connectivity index (χ0) is 25.5. The van der Waals surface area contributed by atoms with Crippen molar-refractivity contribution in [1.82, 2.24) is 34.4 Å². The van der Waals surface area contributed by atoms with Crippen LogP contribution in [0.4, 0.5) is 9.18 Å². The van der Waals surface area contributed by atoms with Crippen molar-refractivity contribution in [2.75, 3.05) is 26.2 Å². The summed E-state index contributed by atoms with van der Waals surface area (Å²) in [5.74, 6) is -0.553. The molecule has 2 saturated heterocycles. The molecule has 2 fully saturated rings. The Morgan fingerprint density at radius 1 is 1.18 bits per heavy atom. The van der Waals surface area contributed by atoms with Crippen molar-refractivity contribution < 1.29 is 14.0 Å². The molecular formula is C28H26FN7O2. The molecular weight excluding hydrogens is 485 g/mol. The number of hydrogen-bond donors (Lipinski definition) is 2. The van der Waals surface area contributed by atoms with Crippen molar-refractivity contribution in [3.05, 3.63) is 71.6 Å². The van der Waals surface area contributed by atoms with Crippen LogP contribution in [0.1, 0.15) is 23.2 Å².